The highest BCUT2D eigenvalue weighted by Crippen LogP contribution is 2.38. The van der Waals surface area contributed by atoms with Gasteiger partial charge in [-0.2, -0.15) is 0 Å². The van der Waals surface area contributed by atoms with Crippen LogP contribution in [0.1, 0.15) is 51.3 Å². The maximum absolute atomic E-state index is 13.1. The van der Waals surface area contributed by atoms with Crippen molar-refractivity contribution in [2.75, 3.05) is 17.7 Å². The number of carboxylic acid groups (broad SMARTS) is 1. The number of benzene rings is 3. The third kappa shape index (κ3) is 4.64. The van der Waals surface area contributed by atoms with Gasteiger partial charge in [0.2, 0.25) is 0 Å². The molecule has 0 aliphatic carbocycles. The number of methoxy groups -OCH3 is 1. The zero-order chi connectivity index (χ0) is 25.3. The zero-order valence-electron chi connectivity index (χ0n) is 19.5. The van der Waals surface area contributed by atoms with E-state index in [1.54, 1.807) is 44.2 Å². The number of rotatable bonds is 6. The number of carbonyl (C=O) groups excluding carboxylic acids is 2. The molecule has 3 aromatic carbocycles. The van der Waals surface area contributed by atoms with Crippen LogP contribution in [0.25, 0.3) is 11.3 Å². The summed E-state index contributed by atoms with van der Waals surface area (Å²) in [5, 5.41) is 15.8. The summed E-state index contributed by atoms with van der Waals surface area (Å²) in [6.07, 6.45) is 0. The van der Waals surface area contributed by atoms with Crippen molar-refractivity contribution in [3.8, 4) is 0 Å². The number of carboxylic acids is 1. The molecular formula is C27H25N3O5. The third-order valence-corrected chi connectivity index (χ3v) is 5.71. The number of nitrogens with two attached hydrogens (primary N) is 1. The molecule has 0 saturated carbocycles. The summed E-state index contributed by atoms with van der Waals surface area (Å²) >= 11 is 0. The van der Waals surface area contributed by atoms with E-state index in [0.717, 1.165) is 5.56 Å². The lowest BCUT2D eigenvalue weighted by atomic mass is 9.90. The Kier molecular flexibility index (Phi) is 6.15. The van der Waals surface area contributed by atoms with E-state index in [0.29, 0.717) is 39.3 Å². The molecule has 1 heterocycles. The summed E-state index contributed by atoms with van der Waals surface area (Å²) in [4.78, 5) is 37.0. The first-order valence-electron chi connectivity index (χ1n) is 10.9. The van der Waals surface area contributed by atoms with Gasteiger partial charge in [-0.15, -0.1) is 0 Å². The van der Waals surface area contributed by atoms with Crippen molar-refractivity contribution in [2.45, 2.75) is 19.4 Å². The van der Waals surface area contributed by atoms with Gasteiger partial charge < -0.3 is 26.2 Å². The molecule has 35 heavy (non-hydrogen) atoms. The Morgan fingerprint density at radius 3 is 2.34 bits per heavy atom. The van der Waals surface area contributed by atoms with Crippen LogP contribution in [-0.4, -0.2) is 30.1 Å². The highest BCUT2D eigenvalue weighted by molar-refractivity contribution is 6.37. The van der Waals surface area contributed by atoms with Gasteiger partial charge in [0.15, 0.2) is 0 Å². The number of hydrogen-bond acceptors (Lipinski definition) is 6. The highest BCUT2D eigenvalue weighted by atomic mass is 16.5. The molecule has 0 atom stereocenters. The van der Waals surface area contributed by atoms with Crippen LogP contribution in [0.15, 0.2) is 66.7 Å². The SMILES string of the molecule is COC(=O)c1ccc2c(c1)NC(=O)C2=C(Nc1ccc(C(C)(C)N)c(C(=O)O)c1)c1ccccc1. The molecule has 178 valence electrons. The van der Waals surface area contributed by atoms with Gasteiger partial charge in [0.05, 0.1) is 35.2 Å². The minimum Gasteiger partial charge on any atom is -0.478 e. The fourth-order valence-electron chi connectivity index (χ4n) is 4.05. The number of ether oxygens (including phenoxy) is 1. The number of carbonyl (C=O) groups is 3. The van der Waals surface area contributed by atoms with E-state index in [2.05, 4.69) is 10.6 Å². The van der Waals surface area contributed by atoms with E-state index < -0.39 is 17.5 Å². The van der Waals surface area contributed by atoms with Gasteiger partial charge in [0.1, 0.15) is 0 Å². The first-order valence-corrected chi connectivity index (χ1v) is 10.9. The second-order valence-corrected chi connectivity index (χ2v) is 8.73. The number of hydrogen-bond donors (Lipinski definition) is 4. The summed E-state index contributed by atoms with van der Waals surface area (Å²) in [5.41, 5.74) is 9.34. The molecule has 8 heteroatoms. The molecule has 4 rings (SSSR count). The Morgan fingerprint density at radius 1 is 1.00 bits per heavy atom. The van der Waals surface area contributed by atoms with Gasteiger partial charge in [0, 0.05) is 16.8 Å². The maximum atomic E-state index is 13.1. The Balaban J connectivity index is 1.87. The summed E-state index contributed by atoms with van der Waals surface area (Å²) in [5.74, 6) is -1.97. The van der Waals surface area contributed by atoms with Gasteiger partial charge in [-0.3, -0.25) is 4.79 Å². The van der Waals surface area contributed by atoms with Gasteiger partial charge >= 0.3 is 11.9 Å². The highest BCUT2D eigenvalue weighted by Gasteiger charge is 2.30. The van der Waals surface area contributed by atoms with Gasteiger partial charge in [-0.25, -0.2) is 9.59 Å². The van der Waals surface area contributed by atoms with Gasteiger partial charge in [-0.05, 0) is 49.2 Å². The zero-order valence-corrected chi connectivity index (χ0v) is 19.5. The van der Waals surface area contributed by atoms with Gasteiger partial charge in [-0.1, -0.05) is 42.5 Å². The molecule has 0 fully saturated rings. The van der Waals surface area contributed by atoms with E-state index in [1.807, 2.05) is 30.3 Å². The predicted molar refractivity (Wildman–Crippen MR) is 134 cm³/mol. The van der Waals surface area contributed by atoms with Crippen molar-refractivity contribution in [1.82, 2.24) is 0 Å². The average Bonchev–Trinajstić information content (AvgIpc) is 3.16. The first-order chi connectivity index (χ1) is 16.6. The summed E-state index contributed by atoms with van der Waals surface area (Å²) in [7, 11) is 1.29. The minimum absolute atomic E-state index is 0.0684. The monoisotopic (exact) mass is 471 g/mol. The number of anilines is 2. The fourth-order valence-corrected chi connectivity index (χ4v) is 4.05. The molecule has 0 unspecified atom stereocenters. The van der Waals surface area contributed by atoms with Gasteiger partial charge in [0.25, 0.3) is 5.91 Å². The minimum atomic E-state index is -1.10. The fraction of sp³-hybridized carbons (Fsp3) is 0.148. The molecule has 0 radical (unpaired) electrons. The van der Waals surface area contributed by atoms with E-state index in [9.17, 15) is 19.5 Å². The first kappa shape index (κ1) is 23.7. The Bertz CT molecular complexity index is 1370. The van der Waals surface area contributed by atoms with Crippen LogP contribution in [0, 0.1) is 0 Å². The van der Waals surface area contributed by atoms with E-state index in [4.69, 9.17) is 10.5 Å². The van der Waals surface area contributed by atoms with Crippen molar-refractivity contribution >= 4 is 40.5 Å². The van der Waals surface area contributed by atoms with Crippen LogP contribution in [0.5, 0.6) is 0 Å². The standard InChI is InChI=1S/C27H25N3O5/c1-27(2,28)20-12-10-17(14-19(20)25(32)33)29-23(15-7-5-4-6-8-15)22-18-11-9-16(26(34)35-3)13-21(18)30-24(22)31/h4-14,29H,28H2,1-3H3,(H,30,31)(H,32,33). The lowest BCUT2D eigenvalue weighted by Crippen LogP contribution is -2.31. The van der Waals surface area contributed by atoms with Crippen molar-refractivity contribution in [3.05, 3.63) is 94.5 Å². The normalized spacial score (nSPS) is 14.1. The smallest absolute Gasteiger partial charge is 0.337 e. The second-order valence-electron chi connectivity index (χ2n) is 8.73. The molecule has 0 bridgehead atoms. The topological polar surface area (TPSA) is 131 Å². The lowest BCUT2D eigenvalue weighted by molar-refractivity contribution is -0.110. The third-order valence-electron chi connectivity index (χ3n) is 5.71. The maximum Gasteiger partial charge on any atom is 0.337 e. The number of fused-ring (bicyclic) bond motifs is 1. The van der Waals surface area contributed by atoms with Crippen molar-refractivity contribution in [1.29, 1.82) is 0 Å². The van der Waals surface area contributed by atoms with Crippen LogP contribution in [-0.2, 0) is 15.1 Å². The van der Waals surface area contributed by atoms with Crippen LogP contribution < -0.4 is 16.4 Å². The molecule has 0 saturated heterocycles. The predicted octanol–water partition coefficient (Wildman–Crippen LogP) is 4.30. The number of nitrogens with one attached hydrogen (secondary N) is 2. The van der Waals surface area contributed by atoms with E-state index in [1.165, 1.54) is 13.2 Å². The van der Waals surface area contributed by atoms with E-state index >= 15 is 0 Å². The largest absolute Gasteiger partial charge is 0.478 e. The molecule has 1 amide bonds. The average molecular weight is 472 g/mol. The van der Waals surface area contributed by atoms with Crippen molar-refractivity contribution in [2.24, 2.45) is 5.73 Å². The summed E-state index contributed by atoms with van der Waals surface area (Å²) in [6.45, 7) is 3.48. The molecule has 8 nitrogen and oxygen atoms in total. The Morgan fingerprint density at radius 2 is 1.71 bits per heavy atom. The van der Waals surface area contributed by atoms with Crippen LogP contribution in [0.3, 0.4) is 0 Å². The Labute approximate surface area is 202 Å². The van der Waals surface area contributed by atoms with Crippen LogP contribution in [0.4, 0.5) is 11.4 Å². The van der Waals surface area contributed by atoms with Crippen LogP contribution in [0.2, 0.25) is 0 Å². The molecule has 0 spiro atoms. The quantitative estimate of drug-likeness (QED) is 0.311. The van der Waals surface area contributed by atoms with Crippen molar-refractivity contribution < 1.29 is 24.2 Å². The molecule has 1 aliphatic heterocycles. The molecular weight excluding hydrogens is 446 g/mol. The molecule has 0 aromatic heterocycles. The molecule has 3 aromatic rings. The van der Waals surface area contributed by atoms with Crippen LogP contribution >= 0.6 is 0 Å². The number of aromatic carboxylic acids is 1. The summed E-state index contributed by atoms with van der Waals surface area (Å²) in [6, 6.07) is 19.0. The second kappa shape index (κ2) is 9.08. The Hall–Kier alpha value is -4.43. The number of amides is 1. The van der Waals surface area contributed by atoms with E-state index in [-0.39, 0.29) is 11.5 Å². The lowest BCUT2D eigenvalue weighted by Gasteiger charge is -2.23. The molecule has 5 N–H and O–H groups in total. The summed E-state index contributed by atoms with van der Waals surface area (Å²) < 4.78 is 4.78. The molecule has 1 aliphatic rings. The van der Waals surface area contributed by atoms with Crippen molar-refractivity contribution in [3.63, 3.8) is 0 Å². The number of esters is 1.